The van der Waals surface area contributed by atoms with E-state index < -0.39 is 0 Å². The van der Waals surface area contributed by atoms with Crippen molar-refractivity contribution in [3.05, 3.63) is 23.5 Å². The van der Waals surface area contributed by atoms with E-state index in [4.69, 9.17) is 0 Å². The predicted molar refractivity (Wildman–Crippen MR) is 58.9 cm³/mol. The topological polar surface area (TPSA) is 42.0 Å². The fourth-order valence-corrected chi connectivity index (χ4v) is 1.46. The summed E-state index contributed by atoms with van der Waals surface area (Å²) in [6.45, 7) is 1.64. The summed E-state index contributed by atoms with van der Waals surface area (Å²) in [5.41, 5.74) is 1.82. The molecule has 0 saturated heterocycles. The Bertz CT molecular complexity index is 332. The number of rotatable bonds is 4. The summed E-state index contributed by atoms with van der Waals surface area (Å²) in [4.78, 5) is 7.05. The number of nitrogens with one attached hydrogen (secondary N) is 2. The molecule has 0 amide bonds. The number of quaternary nitrogens is 2. The first-order valence-electron chi connectivity index (χ1n) is 5.25. The highest BCUT2D eigenvalue weighted by atomic mass is 35.5. The van der Waals surface area contributed by atoms with E-state index in [0.717, 1.165) is 24.5 Å². The monoisotopic (exact) mass is 281 g/mol. The Morgan fingerprint density at radius 3 is 2.00 bits per heavy atom. The van der Waals surface area contributed by atoms with Crippen LogP contribution in [0.15, 0.2) is 12.1 Å². The first-order chi connectivity index (χ1) is 6.99. The molecule has 3 N–H and O–H groups in total. The zero-order chi connectivity index (χ0) is 11.4. The van der Waals surface area contributed by atoms with Gasteiger partial charge in [-0.05, 0) is 12.1 Å². The van der Waals surface area contributed by atoms with Crippen LogP contribution in [0.25, 0.3) is 0 Å². The van der Waals surface area contributed by atoms with Crippen molar-refractivity contribution in [2.24, 2.45) is 0 Å². The van der Waals surface area contributed by atoms with Gasteiger partial charge in [0.1, 0.15) is 24.5 Å². The van der Waals surface area contributed by atoms with E-state index >= 15 is 0 Å². The van der Waals surface area contributed by atoms with Crippen LogP contribution in [-0.4, -0.2) is 38.3 Å². The molecule has 0 fully saturated rings. The fourth-order valence-electron chi connectivity index (χ4n) is 1.46. The molecule has 1 heterocycles. The van der Waals surface area contributed by atoms with Crippen LogP contribution in [0.1, 0.15) is 11.4 Å². The summed E-state index contributed by atoms with van der Waals surface area (Å²) in [5, 5.41) is 9.64. The summed E-state index contributed by atoms with van der Waals surface area (Å²) in [5.74, 6) is 0.300. The minimum absolute atomic E-state index is 0. The molecule has 0 aliphatic carbocycles. The first kappa shape index (κ1) is 18.8. The third-order valence-corrected chi connectivity index (χ3v) is 2.06. The van der Waals surface area contributed by atoms with Crippen LogP contribution in [-0.2, 0) is 13.1 Å². The lowest BCUT2D eigenvalue weighted by Gasteiger charge is -2.11. The second-order valence-electron chi connectivity index (χ2n) is 4.54. The van der Waals surface area contributed by atoms with Gasteiger partial charge in [0.15, 0.2) is 0 Å². The minimum Gasteiger partial charge on any atom is -1.00 e. The van der Waals surface area contributed by atoms with Gasteiger partial charge in [-0.3, -0.25) is 0 Å². The Morgan fingerprint density at radius 1 is 1.00 bits per heavy atom. The highest BCUT2D eigenvalue weighted by Crippen LogP contribution is 2.13. The number of aromatic nitrogens is 1. The van der Waals surface area contributed by atoms with Crippen LogP contribution >= 0.6 is 0 Å². The molecule has 0 atom stereocenters. The minimum atomic E-state index is 0. The van der Waals surface area contributed by atoms with Gasteiger partial charge in [0, 0.05) is 0 Å². The lowest BCUT2D eigenvalue weighted by Crippen LogP contribution is -3.04. The molecule has 0 spiro atoms. The lowest BCUT2D eigenvalue weighted by atomic mass is 10.2. The molecular weight excluding hydrogens is 261 g/mol. The van der Waals surface area contributed by atoms with Crippen molar-refractivity contribution in [3.63, 3.8) is 0 Å². The van der Waals surface area contributed by atoms with E-state index in [2.05, 4.69) is 19.1 Å². The largest absolute Gasteiger partial charge is 1.00 e. The van der Waals surface area contributed by atoms with Crippen molar-refractivity contribution >= 4 is 0 Å². The quantitative estimate of drug-likeness (QED) is 0.513. The maximum Gasteiger partial charge on any atom is 0.142 e. The zero-order valence-electron chi connectivity index (χ0n) is 10.7. The number of hydrogen-bond acceptors (Lipinski definition) is 2. The van der Waals surface area contributed by atoms with E-state index in [1.165, 1.54) is 9.80 Å². The second kappa shape index (κ2) is 8.53. The van der Waals surface area contributed by atoms with Gasteiger partial charge in [-0.15, -0.1) is 0 Å². The molecular formula is C11H21Cl2N3O. The van der Waals surface area contributed by atoms with E-state index in [0.29, 0.717) is 5.75 Å². The average molecular weight is 282 g/mol. The van der Waals surface area contributed by atoms with Crippen LogP contribution in [0.4, 0.5) is 0 Å². The number of nitrogens with zero attached hydrogens (tertiary/aromatic N) is 1. The van der Waals surface area contributed by atoms with Crippen LogP contribution in [0.3, 0.4) is 0 Å². The maximum atomic E-state index is 9.64. The normalized spacial score (nSPS) is 10.0. The van der Waals surface area contributed by atoms with Gasteiger partial charge >= 0.3 is 0 Å². The lowest BCUT2D eigenvalue weighted by molar-refractivity contribution is -0.874. The number of pyridine rings is 1. The van der Waals surface area contributed by atoms with Crippen LogP contribution in [0.5, 0.6) is 5.75 Å². The van der Waals surface area contributed by atoms with Crippen molar-refractivity contribution in [1.29, 1.82) is 0 Å². The highest BCUT2D eigenvalue weighted by Gasteiger charge is 2.09. The predicted octanol–water partition coefficient (Wildman–Crippen LogP) is -7.92. The van der Waals surface area contributed by atoms with Crippen molar-refractivity contribution < 1.29 is 39.7 Å². The van der Waals surface area contributed by atoms with Gasteiger partial charge in [-0.25, -0.2) is 4.98 Å². The van der Waals surface area contributed by atoms with Crippen LogP contribution in [0, 0.1) is 0 Å². The van der Waals surface area contributed by atoms with Crippen molar-refractivity contribution in [1.82, 2.24) is 4.98 Å². The third kappa shape index (κ3) is 6.68. The molecule has 0 unspecified atom stereocenters. The summed E-state index contributed by atoms with van der Waals surface area (Å²) in [7, 11) is 8.27. The van der Waals surface area contributed by atoms with Crippen LogP contribution < -0.4 is 34.6 Å². The number of aromatic hydroxyl groups is 1. The first-order valence-corrected chi connectivity index (χ1v) is 5.25. The standard InChI is InChI=1S/C11H19N3O.2ClH/c1-13(2)7-9-5-6-11(15)10(12-9)8-14(3)4;;/h5-6,15H,7-8H2,1-4H3;2*1H. The van der Waals surface area contributed by atoms with Crippen LogP contribution in [0.2, 0.25) is 0 Å². The van der Waals surface area contributed by atoms with Gasteiger partial charge in [0.25, 0.3) is 0 Å². The van der Waals surface area contributed by atoms with Gasteiger partial charge in [-0.1, -0.05) is 0 Å². The molecule has 0 aromatic carbocycles. The van der Waals surface area contributed by atoms with Gasteiger partial charge in [0.2, 0.25) is 0 Å². The molecule has 1 aromatic rings. The Labute approximate surface area is 115 Å². The molecule has 0 saturated carbocycles. The SMILES string of the molecule is C[NH+](C)Cc1ccc(O)c(C[NH+](C)C)n1.[Cl-].[Cl-]. The molecule has 1 aromatic heterocycles. The molecule has 17 heavy (non-hydrogen) atoms. The Kier molecular flexibility index (Phi) is 9.43. The van der Waals surface area contributed by atoms with E-state index in [1.807, 2.05) is 20.2 Å². The molecule has 100 valence electrons. The van der Waals surface area contributed by atoms with Crippen molar-refractivity contribution in [2.75, 3.05) is 28.2 Å². The Balaban J connectivity index is 0. The summed E-state index contributed by atoms with van der Waals surface area (Å²) >= 11 is 0. The smallest absolute Gasteiger partial charge is 0.142 e. The molecule has 0 radical (unpaired) electrons. The third-order valence-electron chi connectivity index (χ3n) is 2.06. The van der Waals surface area contributed by atoms with E-state index in [-0.39, 0.29) is 24.8 Å². The van der Waals surface area contributed by atoms with E-state index in [1.54, 1.807) is 6.07 Å². The van der Waals surface area contributed by atoms with Gasteiger partial charge in [-0.2, -0.15) is 0 Å². The molecule has 4 nitrogen and oxygen atoms in total. The van der Waals surface area contributed by atoms with Gasteiger partial charge in [0.05, 0.1) is 33.9 Å². The summed E-state index contributed by atoms with van der Waals surface area (Å²) in [6, 6.07) is 3.63. The van der Waals surface area contributed by atoms with E-state index in [9.17, 15) is 5.11 Å². The van der Waals surface area contributed by atoms with Crippen molar-refractivity contribution in [3.8, 4) is 5.75 Å². The number of hydrogen-bond donors (Lipinski definition) is 3. The summed E-state index contributed by atoms with van der Waals surface area (Å²) in [6.07, 6.45) is 0. The molecule has 1 rings (SSSR count). The Hall–Kier alpha value is -0.550. The highest BCUT2D eigenvalue weighted by molar-refractivity contribution is 5.26. The van der Waals surface area contributed by atoms with Crippen molar-refractivity contribution in [2.45, 2.75) is 13.1 Å². The number of halogens is 2. The molecule has 6 heteroatoms. The molecule has 0 aliphatic rings. The Morgan fingerprint density at radius 2 is 1.53 bits per heavy atom. The summed E-state index contributed by atoms with van der Waals surface area (Å²) < 4.78 is 0. The van der Waals surface area contributed by atoms with Gasteiger partial charge < -0.3 is 39.7 Å². The maximum absolute atomic E-state index is 9.64. The average Bonchev–Trinajstić information content (AvgIpc) is 2.09. The second-order valence-corrected chi connectivity index (χ2v) is 4.54. The zero-order valence-corrected chi connectivity index (χ0v) is 12.2. The fraction of sp³-hybridized carbons (Fsp3) is 0.545. The molecule has 0 aliphatic heterocycles. The molecule has 0 bridgehead atoms.